The molecule has 114 valence electrons. The number of ether oxygens (including phenoxy) is 1. The molecule has 0 spiro atoms. The van der Waals surface area contributed by atoms with Crippen molar-refractivity contribution in [2.24, 2.45) is 5.73 Å². The number of carbonyl (C=O) groups is 1. The molecule has 0 saturated heterocycles. The summed E-state index contributed by atoms with van der Waals surface area (Å²) in [4.78, 5) is 11.5. The molecule has 2 unspecified atom stereocenters. The lowest BCUT2D eigenvalue weighted by atomic mass is 10.1. The first kappa shape index (κ1) is 18.0. The van der Waals surface area contributed by atoms with Gasteiger partial charge < -0.3 is 21.1 Å². The van der Waals surface area contributed by atoms with Gasteiger partial charge in [-0.05, 0) is 27.7 Å². The number of hydrogen-bond acceptors (Lipinski definition) is 4. The maximum Gasteiger partial charge on any atom is 0.407 e. The summed E-state index contributed by atoms with van der Waals surface area (Å²) in [5.41, 5.74) is 4.72. The lowest BCUT2D eigenvalue weighted by molar-refractivity contribution is -0.126. The topological polar surface area (TPSA) is 76.4 Å². The smallest absolute Gasteiger partial charge is 0.407 e. The number of halogens is 3. The Morgan fingerprint density at radius 3 is 2.21 bits per heavy atom. The van der Waals surface area contributed by atoms with Gasteiger partial charge in [0.2, 0.25) is 0 Å². The predicted octanol–water partition coefficient (Wildman–Crippen LogP) is 1.38. The third kappa shape index (κ3) is 9.54. The van der Waals surface area contributed by atoms with Gasteiger partial charge in [-0.25, -0.2) is 4.79 Å². The van der Waals surface area contributed by atoms with Gasteiger partial charge in [-0.3, -0.25) is 0 Å². The molecule has 0 rings (SSSR count). The fraction of sp³-hybridized carbons (Fsp3) is 0.909. The second-order valence-electron chi connectivity index (χ2n) is 5.27. The van der Waals surface area contributed by atoms with Crippen molar-refractivity contribution in [1.82, 2.24) is 10.6 Å². The van der Waals surface area contributed by atoms with Gasteiger partial charge in [0.05, 0.1) is 6.54 Å². The normalized spacial score (nSPS) is 15.8. The minimum atomic E-state index is -4.32. The molecule has 0 aromatic rings. The van der Waals surface area contributed by atoms with Crippen molar-refractivity contribution in [3.8, 4) is 0 Å². The number of alkyl carbamates (subject to hydrolysis) is 1. The van der Waals surface area contributed by atoms with E-state index < -0.39 is 36.5 Å². The summed E-state index contributed by atoms with van der Waals surface area (Å²) in [5.74, 6) is 0. The van der Waals surface area contributed by atoms with Crippen LogP contribution in [0.5, 0.6) is 0 Å². The van der Waals surface area contributed by atoms with E-state index in [0.29, 0.717) is 0 Å². The van der Waals surface area contributed by atoms with Gasteiger partial charge >= 0.3 is 12.3 Å². The van der Waals surface area contributed by atoms with E-state index in [9.17, 15) is 18.0 Å². The first-order chi connectivity index (χ1) is 8.44. The molecule has 0 fully saturated rings. The minimum absolute atomic E-state index is 0.0347. The van der Waals surface area contributed by atoms with Gasteiger partial charge in [-0.2, -0.15) is 13.2 Å². The quantitative estimate of drug-likeness (QED) is 0.713. The first-order valence-electron chi connectivity index (χ1n) is 5.94. The van der Waals surface area contributed by atoms with Crippen molar-refractivity contribution < 1.29 is 22.7 Å². The number of nitrogens with two attached hydrogens (primary N) is 1. The number of nitrogens with one attached hydrogen (secondary N) is 2. The molecule has 0 aliphatic carbocycles. The van der Waals surface area contributed by atoms with E-state index in [-0.39, 0.29) is 6.54 Å². The van der Waals surface area contributed by atoms with Gasteiger partial charge in [-0.1, -0.05) is 0 Å². The molecule has 0 aromatic heterocycles. The molecule has 5 nitrogen and oxygen atoms in total. The molecule has 0 bridgehead atoms. The highest BCUT2D eigenvalue weighted by molar-refractivity contribution is 5.68. The van der Waals surface area contributed by atoms with E-state index in [4.69, 9.17) is 10.5 Å². The zero-order chi connectivity index (χ0) is 15.3. The van der Waals surface area contributed by atoms with Crippen molar-refractivity contribution >= 4 is 6.09 Å². The van der Waals surface area contributed by atoms with Gasteiger partial charge in [0, 0.05) is 18.6 Å². The van der Waals surface area contributed by atoms with Crippen molar-refractivity contribution in [3.05, 3.63) is 0 Å². The van der Waals surface area contributed by atoms with Crippen molar-refractivity contribution in [2.75, 3.05) is 13.1 Å². The Bertz CT molecular complexity index is 290. The van der Waals surface area contributed by atoms with Gasteiger partial charge in [0.1, 0.15) is 5.60 Å². The van der Waals surface area contributed by atoms with E-state index in [2.05, 4.69) is 10.6 Å². The number of alkyl halides is 3. The van der Waals surface area contributed by atoms with Crippen LogP contribution in [0, 0.1) is 0 Å². The van der Waals surface area contributed by atoms with Crippen molar-refractivity contribution in [1.29, 1.82) is 0 Å². The largest absolute Gasteiger partial charge is 0.444 e. The number of hydrogen-bond donors (Lipinski definition) is 3. The maximum absolute atomic E-state index is 12.1. The second kappa shape index (κ2) is 6.95. The molecular formula is C11H22F3N3O2. The van der Waals surface area contributed by atoms with Crippen LogP contribution in [0.25, 0.3) is 0 Å². The van der Waals surface area contributed by atoms with Crippen LogP contribution in [-0.4, -0.2) is 43.0 Å². The Hall–Kier alpha value is -1.02. The molecule has 0 radical (unpaired) electrons. The van der Waals surface area contributed by atoms with E-state index in [1.54, 1.807) is 27.7 Å². The molecule has 0 aliphatic rings. The highest BCUT2D eigenvalue weighted by Crippen LogP contribution is 2.13. The molecule has 0 aliphatic heterocycles. The summed E-state index contributed by atoms with van der Waals surface area (Å²) in [7, 11) is 0. The van der Waals surface area contributed by atoms with E-state index in [1.165, 1.54) is 0 Å². The monoisotopic (exact) mass is 285 g/mol. The predicted molar refractivity (Wildman–Crippen MR) is 65.7 cm³/mol. The lowest BCUT2D eigenvalue weighted by Gasteiger charge is -2.27. The molecule has 1 amide bonds. The summed E-state index contributed by atoms with van der Waals surface area (Å²) in [6.07, 6.45) is -5.01. The lowest BCUT2D eigenvalue weighted by Crippen LogP contribution is -2.54. The van der Waals surface area contributed by atoms with Crippen LogP contribution in [-0.2, 0) is 4.74 Å². The summed E-state index contributed by atoms with van der Waals surface area (Å²) >= 11 is 0. The van der Waals surface area contributed by atoms with Crippen LogP contribution >= 0.6 is 0 Å². The Labute approximate surface area is 111 Å². The highest BCUT2D eigenvalue weighted by Gasteiger charge is 2.29. The summed E-state index contributed by atoms with van der Waals surface area (Å²) in [5, 5.41) is 4.71. The molecule has 0 saturated carbocycles. The third-order valence-electron chi connectivity index (χ3n) is 2.17. The fourth-order valence-corrected chi connectivity index (χ4v) is 1.31. The van der Waals surface area contributed by atoms with E-state index in [0.717, 1.165) is 0 Å². The standard InChI is InChI=1S/C11H22F3N3O2/c1-7(17-9(18)19-10(2,3)4)8(5-15)16-6-11(12,13)14/h7-8,16H,5-6,15H2,1-4H3,(H,17,18). The highest BCUT2D eigenvalue weighted by atomic mass is 19.4. The van der Waals surface area contributed by atoms with Crippen LogP contribution in [0.3, 0.4) is 0 Å². The Kier molecular flexibility index (Phi) is 6.58. The van der Waals surface area contributed by atoms with Crippen LogP contribution in [0.15, 0.2) is 0 Å². The van der Waals surface area contributed by atoms with Crippen LogP contribution < -0.4 is 16.4 Å². The fourth-order valence-electron chi connectivity index (χ4n) is 1.31. The maximum atomic E-state index is 12.1. The van der Waals surface area contributed by atoms with Crippen LogP contribution in [0.1, 0.15) is 27.7 Å². The zero-order valence-corrected chi connectivity index (χ0v) is 11.6. The molecule has 19 heavy (non-hydrogen) atoms. The minimum Gasteiger partial charge on any atom is -0.444 e. The average Bonchev–Trinajstić information content (AvgIpc) is 2.12. The second-order valence-corrected chi connectivity index (χ2v) is 5.27. The summed E-state index contributed by atoms with van der Waals surface area (Å²) in [6.45, 7) is 5.45. The number of amides is 1. The van der Waals surface area contributed by atoms with E-state index in [1.807, 2.05) is 0 Å². The molecular weight excluding hydrogens is 263 g/mol. The Morgan fingerprint density at radius 2 is 1.84 bits per heavy atom. The number of carbonyl (C=O) groups excluding carboxylic acids is 1. The van der Waals surface area contributed by atoms with Gasteiger partial charge in [-0.15, -0.1) is 0 Å². The van der Waals surface area contributed by atoms with Gasteiger partial charge in [0.25, 0.3) is 0 Å². The van der Waals surface area contributed by atoms with E-state index >= 15 is 0 Å². The third-order valence-corrected chi connectivity index (χ3v) is 2.17. The molecule has 0 heterocycles. The first-order valence-corrected chi connectivity index (χ1v) is 5.94. The Morgan fingerprint density at radius 1 is 1.32 bits per heavy atom. The van der Waals surface area contributed by atoms with Crippen molar-refractivity contribution in [2.45, 2.75) is 51.6 Å². The molecule has 0 aromatic carbocycles. The molecule has 4 N–H and O–H groups in total. The summed E-state index contributed by atoms with van der Waals surface area (Å²) < 4.78 is 41.3. The molecule has 2 atom stereocenters. The SMILES string of the molecule is CC(NC(=O)OC(C)(C)C)C(CN)NCC(F)(F)F. The van der Waals surface area contributed by atoms with Crippen molar-refractivity contribution in [3.63, 3.8) is 0 Å². The Balaban J connectivity index is 4.28. The zero-order valence-electron chi connectivity index (χ0n) is 11.6. The molecule has 8 heteroatoms. The van der Waals surface area contributed by atoms with Crippen LogP contribution in [0.2, 0.25) is 0 Å². The van der Waals surface area contributed by atoms with Gasteiger partial charge in [0.15, 0.2) is 0 Å². The van der Waals surface area contributed by atoms with Crippen LogP contribution in [0.4, 0.5) is 18.0 Å². The average molecular weight is 285 g/mol. The summed E-state index contributed by atoms with van der Waals surface area (Å²) in [6, 6.07) is -1.27. The number of rotatable bonds is 5.